The summed E-state index contributed by atoms with van der Waals surface area (Å²) in [6, 6.07) is 6.60. The Balaban J connectivity index is 2.19. The number of nitrogens with zero attached hydrogens (tertiary/aromatic N) is 4. The summed E-state index contributed by atoms with van der Waals surface area (Å²) in [7, 11) is 0.816. The van der Waals surface area contributed by atoms with Gasteiger partial charge in [0.15, 0.2) is 11.5 Å². The molecule has 0 aliphatic carbocycles. The number of alkyl halides is 8. The Kier molecular flexibility index (Phi) is 5.13. The van der Waals surface area contributed by atoms with Gasteiger partial charge in [-0.15, -0.1) is 0 Å². The van der Waals surface area contributed by atoms with Crippen molar-refractivity contribution in [3.8, 4) is 16.9 Å². The molecule has 0 aliphatic heterocycles. The molecule has 2 aromatic heterocycles. The molecule has 3 rings (SSSR count). The van der Waals surface area contributed by atoms with Crippen molar-refractivity contribution in [2.45, 2.75) is 24.8 Å². The largest absolute Gasteiger partial charge is 0.459 e. The van der Waals surface area contributed by atoms with Gasteiger partial charge in [-0.25, -0.2) is 9.36 Å². The van der Waals surface area contributed by atoms with E-state index < -0.39 is 35.4 Å². The molecule has 0 radical (unpaired) electrons. The van der Waals surface area contributed by atoms with Gasteiger partial charge < -0.3 is 5.73 Å². The number of benzene rings is 1. The summed E-state index contributed by atoms with van der Waals surface area (Å²) in [5.41, 5.74) is 2.39. The van der Waals surface area contributed by atoms with E-state index in [2.05, 4.69) is 10.2 Å². The first-order chi connectivity index (χ1) is 13.8. The second kappa shape index (κ2) is 7.07. The summed E-state index contributed by atoms with van der Waals surface area (Å²) in [4.78, 5) is 0. The van der Waals surface area contributed by atoms with Gasteiger partial charge in [-0.05, 0) is 17.2 Å². The fourth-order valence-corrected chi connectivity index (χ4v) is 2.86. The smallest absolute Gasteiger partial charge is 0.326 e. The van der Waals surface area contributed by atoms with E-state index in [4.69, 9.17) is 5.73 Å². The van der Waals surface area contributed by atoms with Crippen LogP contribution in [-0.4, -0.2) is 25.7 Å². The molecule has 0 aliphatic rings. The molecule has 1 aromatic carbocycles. The zero-order valence-electron chi connectivity index (χ0n) is 15.1. The van der Waals surface area contributed by atoms with Crippen LogP contribution in [0, 0.1) is 0 Å². The number of rotatable bonds is 4. The Morgan fingerprint density at radius 3 is 2.23 bits per heavy atom. The molecular formula is C17H13F8N5. The van der Waals surface area contributed by atoms with Crippen molar-refractivity contribution >= 4 is 0 Å². The highest BCUT2D eigenvalue weighted by Gasteiger charge is 2.64. The summed E-state index contributed by atoms with van der Waals surface area (Å²) in [6.45, 7) is 0.192. The van der Waals surface area contributed by atoms with Crippen LogP contribution < -0.4 is 5.73 Å². The average molecular weight is 439 g/mol. The predicted octanol–water partition coefficient (Wildman–Crippen LogP) is 4.40. The van der Waals surface area contributed by atoms with E-state index in [1.807, 2.05) is 0 Å². The summed E-state index contributed by atoms with van der Waals surface area (Å²) < 4.78 is 107. The van der Waals surface area contributed by atoms with E-state index in [0.717, 1.165) is 19.4 Å². The van der Waals surface area contributed by atoms with Gasteiger partial charge in [-0.1, -0.05) is 18.2 Å². The van der Waals surface area contributed by atoms with Crippen LogP contribution in [0.2, 0.25) is 0 Å². The minimum Gasteiger partial charge on any atom is -0.326 e. The predicted molar refractivity (Wildman–Crippen MR) is 88.6 cm³/mol. The second-order valence-corrected chi connectivity index (χ2v) is 6.32. The number of halogens is 8. The lowest BCUT2D eigenvalue weighted by molar-refractivity contribution is -0.292. The highest BCUT2D eigenvalue weighted by atomic mass is 19.4. The highest BCUT2D eigenvalue weighted by molar-refractivity contribution is 5.63. The van der Waals surface area contributed by atoms with Gasteiger partial charge >= 0.3 is 18.3 Å². The first-order valence-electron chi connectivity index (χ1n) is 8.21. The van der Waals surface area contributed by atoms with Crippen molar-refractivity contribution in [3.05, 3.63) is 53.5 Å². The van der Waals surface area contributed by atoms with Crippen LogP contribution in [0.1, 0.15) is 16.8 Å². The molecule has 0 bridgehead atoms. The molecular weight excluding hydrogens is 426 g/mol. The van der Waals surface area contributed by atoms with Crippen molar-refractivity contribution in [1.82, 2.24) is 19.6 Å². The molecule has 5 nitrogen and oxygen atoms in total. The van der Waals surface area contributed by atoms with Crippen molar-refractivity contribution in [1.29, 1.82) is 0 Å². The lowest BCUT2D eigenvalue weighted by atomic mass is 10.1. The summed E-state index contributed by atoms with van der Waals surface area (Å²) >= 11 is 0. The lowest BCUT2D eigenvalue weighted by Gasteiger charge is -2.19. The maximum atomic E-state index is 13.8. The van der Waals surface area contributed by atoms with Crippen LogP contribution in [0.3, 0.4) is 0 Å². The zero-order chi connectivity index (χ0) is 22.5. The normalized spacial score (nSPS) is 13.1. The number of aryl methyl sites for hydroxylation is 1. The third-order valence-corrected chi connectivity index (χ3v) is 4.25. The summed E-state index contributed by atoms with van der Waals surface area (Å²) in [5, 5.41) is 6.56. The minimum absolute atomic E-state index is 0.192. The van der Waals surface area contributed by atoms with Gasteiger partial charge in [0, 0.05) is 25.4 Å². The van der Waals surface area contributed by atoms with E-state index in [1.54, 1.807) is 24.3 Å². The van der Waals surface area contributed by atoms with Crippen LogP contribution in [0.25, 0.3) is 16.9 Å². The monoisotopic (exact) mass is 439 g/mol. The summed E-state index contributed by atoms with van der Waals surface area (Å²) in [5.74, 6) is -6.90. The quantitative estimate of drug-likeness (QED) is 0.613. The molecule has 0 saturated heterocycles. The second-order valence-electron chi connectivity index (χ2n) is 6.32. The van der Waals surface area contributed by atoms with Crippen LogP contribution in [0.4, 0.5) is 35.1 Å². The van der Waals surface area contributed by atoms with Crippen LogP contribution in [-0.2, 0) is 25.7 Å². The van der Waals surface area contributed by atoms with Crippen LogP contribution >= 0.6 is 0 Å². The molecule has 0 saturated carbocycles. The van der Waals surface area contributed by atoms with Gasteiger partial charge in [0.1, 0.15) is 5.56 Å². The molecule has 2 heterocycles. The van der Waals surface area contributed by atoms with Gasteiger partial charge in [-0.3, -0.25) is 0 Å². The van der Waals surface area contributed by atoms with Crippen molar-refractivity contribution in [2.75, 3.05) is 0 Å². The zero-order valence-corrected chi connectivity index (χ0v) is 15.1. The Morgan fingerprint density at radius 2 is 1.67 bits per heavy atom. The van der Waals surface area contributed by atoms with Crippen LogP contribution in [0.15, 0.2) is 36.7 Å². The summed E-state index contributed by atoms with van der Waals surface area (Å²) in [6.07, 6.45) is -9.61. The molecule has 0 amide bonds. The number of nitrogens with two attached hydrogens (primary N) is 1. The van der Waals surface area contributed by atoms with Gasteiger partial charge in [0.25, 0.3) is 0 Å². The number of hydrogen-bond donors (Lipinski definition) is 1. The molecule has 3 aromatic rings. The lowest BCUT2D eigenvalue weighted by Crippen LogP contribution is -2.36. The van der Waals surface area contributed by atoms with E-state index in [-0.39, 0.29) is 11.2 Å². The van der Waals surface area contributed by atoms with E-state index in [9.17, 15) is 35.1 Å². The van der Waals surface area contributed by atoms with Gasteiger partial charge in [0.05, 0.1) is 6.20 Å². The number of aromatic nitrogens is 4. The Labute approximate surface area is 163 Å². The molecule has 13 heteroatoms. The molecule has 0 atom stereocenters. The fourth-order valence-electron chi connectivity index (χ4n) is 2.86. The van der Waals surface area contributed by atoms with E-state index in [1.165, 1.54) is 0 Å². The highest BCUT2D eigenvalue weighted by Crippen LogP contribution is 2.49. The van der Waals surface area contributed by atoms with Crippen molar-refractivity contribution in [2.24, 2.45) is 12.8 Å². The van der Waals surface area contributed by atoms with Crippen molar-refractivity contribution in [3.63, 3.8) is 0 Å². The number of hydrogen-bond acceptors (Lipinski definition) is 3. The van der Waals surface area contributed by atoms with E-state index >= 15 is 0 Å². The molecule has 2 N–H and O–H groups in total. The van der Waals surface area contributed by atoms with Gasteiger partial charge in [0.2, 0.25) is 0 Å². The van der Waals surface area contributed by atoms with Crippen molar-refractivity contribution < 1.29 is 35.1 Å². The molecule has 30 heavy (non-hydrogen) atoms. The minimum atomic E-state index is -6.27. The Hall–Kier alpha value is -2.96. The fraction of sp³-hybridized carbons (Fsp3) is 0.294. The van der Waals surface area contributed by atoms with Gasteiger partial charge in [-0.2, -0.15) is 45.3 Å². The Morgan fingerprint density at radius 1 is 1.00 bits per heavy atom. The maximum Gasteiger partial charge on any atom is 0.459 e. The maximum absolute atomic E-state index is 13.8. The molecule has 0 unspecified atom stereocenters. The first kappa shape index (κ1) is 21.7. The van der Waals surface area contributed by atoms with Crippen LogP contribution in [0.5, 0.6) is 0 Å². The standard InChI is InChI=1S/C17H13F8N5/c1-29-14(12(16(20,21)22)13(28-29)15(18,19)17(23,24)25)30-8-11(7-27-30)10-4-2-3-9(5-10)6-26/h2-5,7-8H,6,26H2,1H3. The molecule has 162 valence electrons. The third kappa shape index (κ3) is 3.64. The topological polar surface area (TPSA) is 61.7 Å². The first-order valence-corrected chi connectivity index (χ1v) is 8.21. The SMILES string of the molecule is Cn1nc(C(F)(F)C(F)(F)F)c(C(F)(F)F)c1-n1cc(-c2cccc(CN)c2)cn1. The third-order valence-electron chi connectivity index (χ3n) is 4.25. The van der Waals surface area contributed by atoms with E-state index in [0.29, 0.717) is 21.4 Å². The molecule has 0 spiro atoms. The average Bonchev–Trinajstić information content (AvgIpc) is 3.25. The Bertz CT molecular complexity index is 1060. The molecule has 0 fully saturated rings.